The average Bonchev–Trinajstić information content (AvgIpc) is 2.45. The molecule has 0 saturated heterocycles. The first-order valence-corrected chi connectivity index (χ1v) is 9.59. The highest BCUT2D eigenvalue weighted by Gasteiger charge is 2.28. The molecule has 1 atom stereocenters. The van der Waals surface area contributed by atoms with Crippen molar-refractivity contribution in [3.63, 3.8) is 0 Å². The lowest BCUT2D eigenvalue weighted by Gasteiger charge is -2.22. The van der Waals surface area contributed by atoms with Gasteiger partial charge in [0, 0.05) is 17.8 Å². The van der Waals surface area contributed by atoms with E-state index in [4.69, 9.17) is 30.4 Å². The number of rotatable bonds is 9. The van der Waals surface area contributed by atoms with Crippen molar-refractivity contribution in [3.05, 3.63) is 29.8 Å². The first-order chi connectivity index (χ1) is 10.8. The highest BCUT2D eigenvalue weighted by atomic mass is 32.5. The van der Waals surface area contributed by atoms with Crippen LogP contribution in [0.1, 0.15) is 38.1 Å². The topological polar surface area (TPSA) is 75.3 Å². The maximum Gasteiger partial charge on any atom is 0.425 e. The molecule has 130 valence electrons. The third kappa shape index (κ3) is 6.95. The molecule has 0 saturated carbocycles. The van der Waals surface area contributed by atoms with Gasteiger partial charge in [0.15, 0.2) is 0 Å². The minimum Gasteiger partial charge on any atom is -0.459 e. The maximum atomic E-state index is 12.1. The monoisotopic (exact) mass is 363 g/mol. The number of hydrogen-bond acceptors (Lipinski definition) is 8. The summed E-state index contributed by atoms with van der Waals surface area (Å²) in [5, 5.41) is 0. The molecule has 0 radical (unpaired) electrons. The Kier molecular flexibility index (Phi) is 8.11. The van der Waals surface area contributed by atoms with E-state index in [0.29, 0.717) is 0 Å². The van der Waals surface area contributed by atoms with Crippen LogP contribution in [-0.4, -0.2) is 25.2 Å². The van der Waals surface area contributed by atoms with Crippen LogP contribution >= 0.6 is 6.72 Å². The van der Waals surface area contributed by atoms with Gasteiger partial charge in [-0.15, -0.1) is 4.67 Å². The van der Waals surface area contributed by atoms with Crippen molar-refractivity contribution in [1.82, 2.24) is 5.48 Å². The fourth-order valence-corrected chi connectivity index (χ4v) is 3.00. The first-order valence-electron chi connectivity index (χ1n) is 7.03. The average molecular weight is 363 g/mol. The van der Waals surface area contributed by atoms with Crippen molar-refractivity contribution in [3.8, 4) is 5.75 Å². The highest BCUT2D eigenvalue weighted by molar-refractivity contribution is 8.07. The fourth-order valence-electron chi connectivity index (χ4n) is 1.42. The second kappa shape index (κ2) is 9.32. The number of nitrogens with one attached hydrogen (secondary N) is 1. The van der Waals surface area contributed by atoms with Gasteiger partial charge < -0.3 is 9.26 Å². The van der Waals surface area contributed by atoms with Crippen molar-refractivity contribution >= 4 is 24.5 Å². The lowest BCUT2D eigenvalue weighted by molar-refractivity contribution is -0.191. The minimum atomic E-state index is -3.30. The molecule has 1 aromatic rings. The van der Waals surface area contributed by atoms with Crippen LogP contribution in [-0.2, 0) is 30.7 Å². The molecule has 7 nitrogen and oxygen atoms in total. The molecular weight excluding hydrogens is 341 g/mol. The van der Waals surface area contributed by atoms with Crippen molar-refractivity contribution in [1.29, 1.82) is 0 Å². The number of esters is 1. The largest absolute Gasteiger partial charge is 0.459 e. The van der Waals surface area contributed by atoms with Gasteiger partial charge in [0.1, 0.15) is 11.3 Å². The molecule has 1 unspecified atom stereocenters. The molecule has 23 heavy (non-hydrogen) atoms. The predicted molar refractivity (Wildman–Crippen MR) is 89.4 cm³/mol. The van der Waals surface area contributed by atoms with Gasteiger partial charge >= 0.3 is 12.7 Å². The van der Waals surface area contributed by atoms with Crippen LogP contribution in [0.4, 0.5) is 0 Å². The summed E-state index contributed by atoms with van der Waals surface area (Å²) >= 11 is 5.24. The lowest BCUT2D eigenvalue weighted by atomic mass is 10.2. The summed E-state index contributed by atoms with van der Waals surface area (Å²) < 4.78 is 21.1. The van der Waals surface area contributed by atoms with Crippen molar-refractivity contribution < 1.29 is 28.2 Å². The van der Waals surface area contributed by atoms with Gasteiger partial charge in [0.2, 0.25) is 0 Å². The van der Waals surface area contributed by atoms with Crippen LogP contribution in [0.2, 0.25) is 0 Å². The van der Waals surface area contributed by atoms with Crippen LogP contribution in [0.5, 0.6) is 5.75 Å². The number of ether oxygens (including phenoxy) is 1. The number of carbonyl (C=O) groups excluding carboxylic acids is 1. The zero-order chi connectivity index (χ0) is 17.5. The van der Waals surface area contributed by atoms with E-state index < -0.39 is 12.7 Å². The van der Waals surface area contributed by atoms with Crippen LogP contribution in [0, 0.1) is 0 Å². The molecule has 0 spiro atoms. The molecule has 0 fully saturated rings. The van der Waals surface area contributed by atoms with Gasteiger partial charge in [-0.25, -0.2) is 14.3 Å². The van der Waals surface area contributed by atoms with Crippen LogP contribution in [0.25, 0.3) is 0 Å². The van der Waals surface area contributed by atoms with Crippen molar-refractivity contribution in [2.75, 3.05) is 7.11 Å². The summed E-state index contributed by atoms with van der Waals surface area (Å²) in [7, 11) is 1.29. The van der Waals surface area contributed by atoms with Crippen LogP contribution < -0.4 is 10.0 Å². The van der Waals surface area contributed by atoms with E-state index in [1.165, 1.54) is 7.11 Å². The second-order valence-electron chi connectivity index (χ2n) is 5.09. The summed E-state index contributed by atoms with van der Waals surface area (Å²) in [6, 6.07) is 6.53. The van der Waals surface area contributed by atoms with Crippen molar-refractivity contribution in [2.45, 2.75) is 39.8 Å². The SMILES string of the molecule is COOP(=S)(ONC(C)C)Oc1ccccc1C(=O)OC(C)C. The molecule has 0 aliphatic heterocycles. The molecule has 0 bridgehead atoms. The fraction of sp³-hybridized carbons (Fsp3) is 0.500. The summed E-state index contributed by atoms with van der Waals surface area (Å²) in [5.41, 5.74) is 2.90. The van der Waals surface area contributed by atoms with Gasteiger partial charge in [-0.3, -0.25) is 0 Å². The Hall–Kier alpha value is -1.02. The quantitative estimate of drug-likeness (QED) is 0.310. The van der Waals surface area contributed by atoms with E-state index in [1.54, 1.807) is 38.1 Å². The zero-order valence-electron chi connectivity index (χ0n) is 13.8. The van der Waals surface area contributed by atoms with Gasteiger partial charge in [-0.05, 0) is 39.8 Å². The number of para-hydroxylation sites is 1. The maximum absolute atomic E-state index is 12.1. The number of hydrogen-bond donors (Lipinski definition) is 1. The van der Waals surface area contributed by atoms with E-state index in [-0.39, 0.29) is 23.5 Å². The predicted octanol–water partition coefficient (Wildman–Crippen LogP) is 3.36. The standard InChI is InChI=1S/C14H22NO6PS/c1-10(2)15-20-22(23,21-17-5)19-13-9-7-6-8-12(13)14(16)18-11(3)4/h6-11,15H,1-5H3. The Morgan fingerprint density at radius 3 is 2.43 bits per heavy atom. The third-order valence-corrected chi connectivity index (χ3v) is 3.94. The third-order valence-electron chi connectivity index (χ3n) is 2.23. The Labute approximate surface area is 141 Å². The molecular formula is C14H22NO6PS. The van der Waals surface area contributed by atoms with E-state index in [1.807, 2.05) is 13.8 Å². The number of benzene rings is 1. The van der Waals surface area contributed by atoms with Crippen molar-refractivity contribution in [2.24, 2.45) is 0 Å². The van der Waals surface area contributed by atoms with E-state index in [0.717, 1.165) is 0 Å². The molecule has 9 heteroatoms. The number of carbonyl (C=O) groups is 1. The van der Waals surface area contributed by atoms with E-state index >= 15 is 0 Å². The Morgan fingerprint density at radius 2 is 1.87 bits per heavy atom. The van der Waals surface area contributed by atoms with Gasteiger partial charge in [-0.2, -0.15) is 5.48 Å². The van der Waals surface area contributed by atoms with E-state index in [9.17, 15) is 4.79 Å². The molecule has 0 amide bonds. The molecule has 0 heterocycles. The van der Waals surface area contributed by atoms with Gasteiger partial charge in [-0.1, -0.05) is 12.1 Å². The summed E-state index contributed by atoms with van der Waals surface area (Å²) in [4.78, 5) is 16.7. The van der Waals surface area contributed by atoms with E-state index in [2.05, 4.69) is 10.4 Å². The van der Waals surface area contributed by atoms with Gasteiger partial charge in [0.25, 0.3) is 0 Å². The minimum absolute atomic E-state index is 0.0115. The van der Waals surface area contributed by atoms with Crippen LogP contribution in [0.3, 0.4) is 0 Å². The Bertz CT molecular complexity index is 566. The molecule has 0 aliphatic rings. The summed E-state index contributed by atoms with van der Waals surface area (Å²) in [5.74, 6) is -0.324. The lowest BCUT2D eigenvalue weighted by Crippen LogP contribution is -2.23. The van der Waals surface area contributed by atoms with Crippen LogP contribution in [0.15, 0.2) is 24.3 Å². The Morgan fingerprint density at radius 1 is 1.22 bits per heavy atom. The van der Waals surface area contributed by atoms with Gasteiger partial charge in [0.05, 0.1) is 13.2 Å². The second-order valence-corrected chi connectivity index (χ2v) is 7.84. The Balaban J connectivity index is 3.00. The number of hydroxylamine groups is 1. The highest BCUT2D eigenvalue weighted by Crippen LogP contribution is 2.49. The summed E-state index contributed by atoms with van der Waals surface area (Å²) in [6.45, 7) is 3.94. The molecule has 0 aromatic heterocycles. The zero-order valence-corrected chi connectivity index (χ0v) is 15.5. The molecule has 1 N–H and O–H groups in total. The summed E-state index contributed by atoms with van der Waals surface area (Å²) in [6.07, 6.45) is -0.257. The normalized spacial score (nSPS) is 13.9. The smallest absolute Gasteiger partial charge is 0.425 e. The first kappa shape index (κ1) is 20.0. The molecule has 0 aliphatic carbocycles. The molecule has 1 aromatic carbocycles. The molecule has 1 rings (SSSR count).